The van der Waals surface area contributed by atoms with Gasteiger partial charge >= 0.3 is 5.97 Å². The molecule has 5 nitrogen and oxygen atoms in total. The summed E-state index contributed by atoms with van der Waals surface area (Å²) < 4.78 is 0. The molecule has 1 heterocycles. The third kappa shape index (κ3) is 4.19. The molecule has 106 valence electrons. The Bertz CT molecular complexity index is 431. The zero-order valence-electron chi connectivity index (χ0n) is 12.2. The highest BCUT2D eigenvalue weighted by atomic mass is 16.4. The lowest BCUT2D eigenvalue weighted by Crippen LogP contribution is -2.31. The summed E-state index contributed by atoms with van der Waals surface area (Å²) in [7, 11) is 0. The molecule has 0 fully saturated rings. The van der Waals surface area contributed by atoms with Gasteiger partial charge in [-0.1, -0.05) is 26.7 Å². The van der Waals surface area contributed by atoms with E-state index in [4.69, 9.17) is 5.11 Å². The third-order valence-electron chi connectivity index (χ3n) is 3.36. The molecule has 0 amide bonds. The Morgan fingerprint density at radius 1 is 1.32 bits per heavy atom. The standard InChI is InChI=1S/C14H23N3O2/c1-5-11(6-2)9-17(7-3)14-15-10(4)8-12(16-14)13(18)19/h8,11H,5-7,9H2,1-4H3,(H,18,19). The van der Waals surface area contributed by atoms with Gasteiger partial charge in [0, 0.05) is 18.8 Å². The van der Waals surface area contributed by atoms with Crippen LogP contribution in [0.25, 0.3) is 0 Å². The number of carboxylic acid groups (broad SMARTS) is 1. The van der Waals surface area contributed by atoms with E-state index in [9.17, 15) is 4.79 Å². The van der Waals surface area contributed by atoms with Crippen LogP contribution in [0.5, 0.6) is 0 Å². The van der Waals surface area contributed by atoms with Crippen LogP contribution in [0.3, 0.4) is 0 Å². The summed E-state index contributed by atoms with van der Waals surface area (Å²) >= 11 is 0. The summed E-state index contributed by atoms with van der Waals surface area (Å²) in [4.78, 5) is 21.6. The number of aromatic nitrogens is 2. The number of aryl methyl sites for hydroxylation is 1. The molecule has 19 heavy (non-hydrogen) atoms. The second-order valence-corrected chi connectivity index (χ2v) is 4.72. The number of carbonyl (C=O) groups is 1. The number of aromatic carboxylic acids is 1. The van der Waals surface area contributed by atoms with Gasteiger partial charge in [0.1, 0.15) is 0 Å². The molecule has 1 aromatic heterocycles. The van der Waals surface area contributed by atoms with E-state index in [0.29, 0.717) is 17.6 Å². The van der Waals surface area contributed by atoms with Gasteiger partial charge in [-0.25, -0.2) is 14.8 Å². The Balaban J connectivity index is 3.00. The van der Waals surface area contributed by atoms with E-state index in [0.717, 1.165) is 25.9 Å². The quantitative estimate of drug-likeness (QED) is 0.821. The fourth-order valence-corrected chi connectivity index (χ4v) is 2.01. The fourth-order valence-electron chi connectivity index (χ4n) is 2.01. The molecule has 0 aliphatic heterocycles. The molecule has 0 saturated carbocycles. The highest BCUT2D eigenvalue weighted by Crippen LogP contribution is 2.16. The molecule has 0 spiro atoms. The average Bonchev–Trinajstić information content (AvgIpc) is 2.39. The van der Waals surface area contributed by atoms with Gasteiger partial charge in [0.2, 0.25) is 5.95 Å². The van der Waals surface area contributed by atoms with Crippen molar-refractivity contribution >= 4 is 11.9 Å². The Morgan fingerprint density at radius 3 is 2.42 bits per heavy atom. The van der Waals surface area contributed by atoms with Crippen LogP contribution >= 0.6 is 0 Å². The maximum absolute atomic E-state index is 11.0. The van der Waals surface area contributed by atoms with Crippen molar-refractivity contribution in [1.29, 1.82) is 0 Å². The van der Waals surface area contributed by atoms with Crippen molar-refractivity contribution in [2.75, 3.05) is 18.0 Å². The Morgan fingerprint density at radius 2 is 1.95 bits per heavy atom. The van der Waals surface area contributed by atoms with Crippen molar-refractivity contribution in [3.63, 3.8) is 0 Å². The first-order chi connectivity index (χ1) is 9.01. The van der Waals surface area contributed by atoms with Crippen molar-refractivity contribution in [2.45, 2.75) is 40.5 Å². The second-order valence-electron chi connectivity index (χ2n) is 4.72. The van der Waals surface area contributed by atoms with Crippen LogP contribution in [0.2, 0.25) is 0 Å². The third-order valence-corrected chi connectivity index (χ3v) is 3.36. The lowest BCUT2D eigenvalue weighted by Gasteiger charge is -2.25. The van der Waals surface area contributed by atoms with E-state index in [1.165, 1.54) is 6.07 Å². The number of hydrogen-bond acceptors (Lipinski definition) is 4. The van der Waals surface area contributed by atoms with Crippen molar-refractivity contribution in [3.05, 3.63) is 17.5 Å². The molecule has 0 radical (unpaired) electrons. The van der Waals surface area contributed by atoms with Crippen LogP contribution in [-0.4, -0.2) is 34.1 Å². The minimum atomic E-state index is -1.01. The van der Waals surface area contributed by atoms with Crippen molar-refractivity contribution in [3.8, 4) is 0 Å². The second kappa shape index (κ2) is 7.07. The molecule has 0 bridgehead atoms. The lowest BCUT2D eigenvalue weighted by atomic mass is 10.0. The average molecular weight is 265 g/mol. The van der Waals surface area contributed by atoms with Crippen LogP contribution < -0.4 is 4.90 Å². The predicted octanol–water partition coefficient (Wildman–Crippen LogP) is 2.75. The fraction of sp³-hybridized carbons (Fsp3) is 0.643. The predicted molar refractivity (Wildman–Crippen MR) is 75.7 cm³/mol. The molecule has 0 aromatic carbocycles. The van der Waals surface area contributed by atoms with Crippen LogP contribution in [0.1, 0.15) is 49.8 Å². The van der Waals surface area contributed by atoms with E-state index in [1.54, 1.807) is 6.92 Å². The molecule has 0 aliphatic rings. The van der Waals surface area contributed by atoms with Gasteiger partial charge in [-0.05, 0) is 25.8 Å². The number of hydrogen-bond donors (Lipinski definition) is 1. The Hall–Kier alpha value is -1.65. The summed E-state index contributed by atoms with van der Waals surface area (Å²) in [6, 6.07) is 1.50. The van der Waals surface area contributed by atoms with E-state index in [2.05, 4.69) is 28.7 Å². The molecular formula is C14H23N3O2. The monoisotopic (exact) mass is 265 g/mol. The summed E-state index contributed by atoms with van der Waals surface area (Å²) in [6.07, 6.45) is 2.20. The van der Waals surface area contributed by atoms with Gasteiger partial charge in [-0.2, -0.15) is 0 Å². The first kappa shape index (κ1) is 15.4. The Kier molecular flexibility index (Phi) is 5.73. The number of nitrogens with zero attached hydrogens (tertiary/aromatic N) is 3. The number of anilines is 1. The van der Waals surface area contributed by atoms with Crippen molar-refractivity contribution in [1.82, 2.24) is 9.97 Å². The lowest BCUT2D eigenvalue weighted by molar-refractivity contribution is 0.0690. The van der Waals surface area contributed by atoms with E-state index in [-0.39, 0.29) is 5.69 Å². The van der Waals surface area contributed by atoms with Gasteiger partial charge in [0.15, 0.2) is 5.69 Å². The van der Waals surface area contributed by atoms with E-state index in [1.807, 2.05) is 6.92 Å². The molecule has 0 saturated heterocycles. The van der Waals surface area contributed by atoms with E-state index >= 15 is 0 Å². The molecule has 0 aliphatic carbocycles. The highest BCUT2D eigenvalue weighted by molar-refractivity contribution is 5.85. The molecule has 5 heteroatoms. The summed E-state index contributed by atoms with van der Waals surface area (Å²) in [5, 5.41) is 9.05. The number of carboxylic acids is 1. The van der Waals surface area contributed by atoms with Gasteiger partial charge in [-0.15, -0.1) is 0 Å². The minimum absolute atomic E-state index is 0.0606. The zero-order chi connectivity index (χ0) is 14.4. The first-order valence-corrected chi connectivity index (χ1v) is 6.85. The Labute approximate surface area is 114 Å². The zero-order valence-corrected chi connectivity index (χ0v) is 12.2. The maximum Gasteiger partial charge on any atom is 0.354 e. The SMILES string of the molecule is CCC(CC)CN(CC)c1nc(C)cc(C(=O)O)n1. The van der Waals surface area contributed by atoms with Crippen LogP contribution in [0, 0.1) is 12.8 Å². The van der Waals surface area contributed by atoms with Crippen molar-refractivity contribution < 1.29 is 9.90 Å². The first-order valence-electron chi connectivity index (χ1n) is 6.85. The molecule has 1 rings (SSSR count). The summed E-state index contributed by atoms with van der Waals surface area (Å²) in [5.74, 6) is 0.0921. The maximum atomic E-state index is 11.0. The van der Waals surface area contributed by atoms with E-state index < -0.39 is 5.97 Å². The van der Waals surface area contributed by atoms with Crippen LogP contribution in [0.4, 0.5) is 5.95 Å². The normalized spacial score (nSPS) is 10.8. The topological polar surface area (TPSA) is 66.3 Å². The van der Waals surface area contributed by atoms with Gasteiger partial charge in [0.25, 0.3) is 0 Å². The van der Waals surface area contributed by atoms with Gasteiger partial charge in [0.05, 0.1) is 0 Å². The highest BCUT2D eigenvalue weighted by Gasteiger charge is 2.16. The summed E-state index contributed by atoms with van der Waals surface area (Å²) in [6.45, 7) is 9.81. The van der Waals surface area contributed by atoms with Crippen LogP contribution in [0.15, 0.2) is 6.07 Å². The molecule has 1 N–H and O–H groups in total. The largest absolute Gasteiger partial charge is 0.477 e. The smallest absolute Gasteiger partial charge is 0.354 e. The van der Waals surface area contributed by atoms with Crippen molar-refractivity contribution in [2.24, 2.45) is 5.92 Å². The van der Waals surface area contributed by atoms with Gasteiger partial charge < -0.3 is 10.0 Å². The van der Waals surface area contributed by atoms with Gasteiger partial charge in [-0.3, -0.25) is 0 Å². The molecular weight excluding hydrogens is 242 g/mol. The molecule has 1 aromatic rings. The molecule has 0 atom stereocenters. The molecule has 0 unspecified atom stereocenters. The minimum Gasteiger partial charge on any atom is -0.477 e. The number of rotatable bonds is 7. The summed E-state index contributed by atoms with van der Waals surface area (Å²) in [5.41, 5.74) is 0.746. The van der Waals surface area contributed by atoms with Crippen LogP contribution in [-0.2, 0) is 0 Å².